The molecule has 0 aliphatic heterocycles. The van der Waals surface area contributed by atoms with Gasteiger partial charge in [0.05, 0.1) is 52.0 Å². The van der Waals surface area contributed by atoms with Crippen molar-refractivity contribution in [2.24, 2.45) is 5.73 Å². The molecule has 4 N–H and O–H groups in total. The van der Waals surface area contributed by atoms with Crippen molar-refractivity contribution in [3.05, 3.63) is 18.1 Å². The minimum absolute atomic E-state index is 0.141. The lowest BCUT2D eigenvalue weighted by Crippen LogP contribution is -2.26. The van der Waals surface area contributed by atoms with Crippen LogP contribution in [0.1, 0.15) is 12.6 Å². The van der Waals surface area contributed by atoms with Crippen molar-refractivity contribution in [2.45, 2.75) is 12.6 Å². The molecule has 1 unspecified atom stereocenters. The number of nitrogens with two attached hydrogens (primary N) is 2. The van der Waals surface area contributed by atoms with E-state index in [1.165, 1.54) is 19.3 Å². The summed E-state index contributed by atoms with van der Waals surface area (Å²) in [4.78, 5) is 7.72. The Morgan fingerprint density at radius 3 is 2.33 bits per heavy atom. The van der Waals surface area contributed by atoms with E-state index in [1.807, 2.05) is 0 Å². The fraction of sp³-hybridized carbons (Fsp3) is 0.692. The molecule has 0 aromatic carbocycles. The number of nitrogen functional groups attached to an aromatic ring is 1. The van der Waals surface area contributed by atoms with E-state index in [4.69, 9.17) is 25.7 Å². The number of ether oxygens (including phenoxy) is 3. The lowest BCUT2D eigenvalue weighted by Gasteiger charge is -2.19. The maximum absolute atomic E-state index is 14.4. The zero-order chi connectivity index (χ0) is 15.6. The van der Waals surface area contributed by atoms with Crippen molar-refractivity contribution < 1.29 is 18.6 Å². The fourth-order valence-electron chi connectivity index (χ4n) is 1.49. The predicted octanol–water partition coefficient (Wildman–Crippen LogP) is 0.252. The Bertz CT molecular complexity index is 407. The first-order valence-electron chi connectivity index (χ1n) is 6.76. The van der Waals surface area contributed by atoms with Crippen LogP contribution in [-0.4, -0.2) is 56.2 Å². The van der Waals surface area contributed by atoms with Crippen LogP contribution in [0.4, 0.5) is 10.2 Å². The van der Waals surface area contributed by atoms with E-state index in [2.05, 4.69) is 9.97 Å². The van der Waals surface area contributed by atoms with Crippen LogP contribution in [0, 0.1) is 0 Å². The second kappa shape index (κ2) is 9.56. The highest BCUT2D eigenvalue weighted by Crippen LogP contribution is 2.23. The zero-order valence-corrected chi connectivity index (χ0v) is 12.3. The van der Waals surface area contributed by atoms with E-state index in [0.717, 1.165) is 0 Å². The van der Waals surface area contributed by atoms with Gasteiger partial charge in [0.1, 0.15) is 11.5 Å². The molecule has 21 heavy (non-hydrogen) atoms. The molecule has 1 aromatic heterocycles. The number of halogens is 1. The summed E-state index contributed by atoms with van der Waals surface area (Å²) in [6.45, 7) is 3.83. The summed E-state index contributed by atoms with van der Waals surface area (Å²) < 4.78 is 30.0. The van der Waals surface area contributed by atoms with Crippen LogP contribution in [0.5, 0.6) is 0 Å². The smallest absolute Gasteiger partial charge is 0.174 e. The normalized spacial score (nSPS) is 14.0. The molecule has 0 saturated heterocycles. The van der Waals surface area contributed by atoms with Gasteiger partial charge >= 0.3 is 0 Å². The molecule has 0 bridgehead atoms. The van der Waals surface area contributed by atoms with Crippen LogP contribution in [0.15, 0.2) is 12.4 Å². The van der Waals surface area contributed by atoms with Gasteiger partial charge in [0.15, 0.2) is 5.67 Å². The summed E-state index contributed by atoms with van der Waals surface area (Å²) in [5, 5.41) is 0. The summed E-state index contributed by atoms with van der Waals surface area (Å²) in [5.41, 5.74) is 9.16. The van der Waals surface area contributed by atoms with Gasteiger partial charge in [0.25, 0.3) is 0 Å². The monoisotopic (exact) mass is 302 g/mol. The third-order valence-corrected chi connectivity index (χ3v) is 2.57. The van der Waals surface area contributed by atoms with E-state index in [1.54, 1.807) is 0 Å². The van der Waals surface area contributed by atoms with Gasteiger partial charge in [-0.15, -0.1) is 0 Å². The Hall–Kier alpha value is -1.35. The molecular weight excluding hydrogens is 279 g/mol. The number of alkyl halides is 1. The number of hydrogen-bond donors (Lipinski definition) is 2. The lowest BCUT2D eigenvalue weighted by atomic mass is 10.1. The molecule has 1 rings (SSSR count). The SMILES string of the molecule is CC(F)(COCCOCCOCCN)c1cncc(N)n1. The van der Waals surface area contributed by atoms with Gasteiger partial charge < -0.3 is 25.7 Å². The number of aromatic nitrogens is 2. The summed E-state index contributed by atoms with van der Waals surface area (Å²) in [7, 11) is 0. The van der Waals surface area contributed by atoms with Crippen LogP contribution in [0.25, 0.3) is 0 Å². The van der Waals surface area contributed by atoms with E-state index < -0.39 is 5.67 Å². The van der Waals surface area contributed by atoms with Gasteiger partial charge in [0, 0.05) is 6.54 Å². The van der Waals surface area contributed by atoms with E-state index in [0.29, 0.717) is 33.0 Å². The van der Waals surface area contributed by atoms with Crippen molar-refractivity contribution in [1.29, 1.82) is 0 Å². The lowest BCUT2D eigenvalue weighted by molar-refractivity contribution is -0.0186. The molecule has 120 valence electrons. The molecule has 1 heterocycles. The van der Waals surface area contributed by atoms with Gasteiger partial charge in [-0.2, -0.15) is 0 Å². The van der Waals surface area contributed by atoms with Crippen LogP contribution < -0.4 is 11.5 Å². The highest BCUT2D eigenvalue weighted by Gasteiger charge is 2.28. The molecule has 0 radical (unpaired) electrons. The molecule has 0 saturated carbocycles. The Kier molecular flexibility index (Phi) is 8.06. The minimum atomic E-state index is -1.74. The second-order valence-electron chi connectivity index (χ2n) is 4.59. The average Bonchev–Trinajstić information content (AvgIpc) is 2.45. The summed E-state index contributed by atoms with van der Waals surface area (Å²) in [6.07, 6.45) is 2.70. The molecule has 0 fully saturated rings. The number of anilines is 1. The Labute approximate surface area is 123 Å². The van der Waals surface area contributed by atoms with Gasteiger partial charge in [-0.25, -0.2) is 9.37 Å². The van der Waals surface area contributed by atoms with Crippen LogP contribution >= 0.6 is 0 Å². The first kappa shape index (κ1) is 17.7. The van der Waals surface area contributed by atoms with Crippen molar-refractivity contribution in [2.75, 3.05) is 51.9 Å². The first-order chi connectivity index (χ1) is 10.1. The van der Waals surface area contributed by atoms with Gasteiger partial charge in [0.2, 0.25) is 0 Å². The van der Waals surface area contributed by atoms with E-state index in [-0.39, 0.29) is 24.7 Å². The number of nitrogens with zero attached hydrogens (tertiary/aromatic N) is 2. The molecule has 7 nitrogen and oxygen atoms in total. The quantitative estimate of drug-likeness (QED) is 0.564. The van der Waals surface area contributed by atoms with Gasteiger partial charge in [-0.3, -0.25) is 4.98 Å². The molecule has 1 aromatic rings. The highest BCUT2D eigenvalue weighted by molar-refractivity contribution is 5.25. The first-order valence-corrected chi connectivity index (χ1v) is 6.76. The van der Waals surface area contributed by atoms with Crippen molar-refractivity contribution in [3.63, 3.8) is 0 Å². The fourth-order valence-corrected chi connectivity index (χ4v) is 1.49. The Morgan fingerprint density at radius 2 is 1.71 bits per heavy atom. The molecule has 0 spiro atoms. The van der Waals surface area contributed by atoms with Crippen LogP contribution in [0.2, 0.25) is 0 Å². The largest absolute Gasteiger partial charge is 0.382 e. The molecule has 1 atom stereocenters. The maximum Gasteiger partial charge on any atom is 0.174 e. The Morgan fingerprint density at radius 1 is 1.10 bits per heavy atom. The summed E-state index contributed by atoms with van der Waals surface area (Å²) in [5.74, 6) is 0.178. The molecule has 0 aliphatic rings. The minimum Gasteiger partial charge on any atom is -0.382 e. The second-order valence-corrected chi connectivity index (χ2v) is 4.59. The topological polar surface area (TPSA) is 106 Å². The van der Waals surface area contributed by atoms with E-state index >= 15 is 0 Å². The van der Waals surface area contributed by atoms with Crippen molar-refractivity contribution in [1.82, 2.24) is 9.97 Å². The van der Waals surface area contributed by atoms with Crippen molar-refractivity contribution in [3.8, 4) is 0 Å². The maximum atomic E-state index is 14.4. The summed E-state index contributed by atoms with van der Waals surface area (Å²) >= 11 is 0. The summed E-state index contributed by atoms with van der Waals surface area (Å²) in [6, 6.07) is 0. The van der Waals surface area contributed by atoms with Crippen LogP contribution in [-0.2, 0) is 19.9 Å². The van der Waals surface area contributed by atoms with Gasteiger partial charge in [-0.1, -0.05) is 0 Å². The molecule has 0 aliphatic carbocycles. The van der Waals surface area contributed by atoms with Crippen LogP contribution in [0.3, 0.4) is 0 Å². The standard InChI is InChI=1S/C13H23FN4O3/c1-13(14,11-8-17-9-12(16)18-11)10-21-7-6-20-5-4-19-3-2-15/h8-9H,2-7,10,15H2,1H3,(H2,16,18). The molecule has 0 amide bonds. The van der Waals surface area contributed by atoms with Gasteiger partial charge in [-0.05, 0) is 6.92 Å². The molecule has 8 heteroatoms. The Balaban J connectivity index is 2.14. The third-order valence-electron chi connectivity index (χ3n) is 2.57. The third kappa shape index (κ3) is 7.28. The van der Waals surface area contributed by atoms with E-state index in [9.17, 15) is 4.39 Å². The zero-order valence-electron chi connectivity index (χ0n) is 12.3. The average molecular weight is 302 g/mol. The van der Waals surface area contributed by atoms with Crippen molar-refractivity contribution >= 4 is 5.82 Å². The molecular formula is C13H23FN4O3. The number of hydrogen-bond acceptors (Lipinski definition) is 7. The highest BCUT2D eigenvalue weighted by atomic mass is 19.1. The number of rotatable bonds is 11. The predicted molar refractivity (Wildman–Crippen MR) is 76.4 cm³/mol.